The Labute approximate surface area is 89.8 Å². The SMILES string of the molecule is N[C@H](CO)[C@H](O)c1ccc(S(=O)[O-])cc1. The molecule has 4 N–H and O–H groups in total. The van der Waals surface area contributed by atoms with Gasteiger partial charge in [0.25, 0.3) is 0 Å². The lowest BCUT2D eigenvalue weighted by atomic mass is 10.0. The lowest BCUT2D eigenvalue weighted by Crippen LogP contribution is -2.31. The zero-order valence-electron chi connectivity index (χ0n) is 7.87. The molecular weight excluding hydrogens is 218 g/mol. The van der Waals surface area contributed by atoms with Gasteiger partial charge in [0, 0.05) is 4.90 Å². The van der Waals surface area contributed by atoms with Crippen LogP contribution in [0.15, 0.2) is 29.2 Å². The molecule has 0 aliphatic carbocycles. The molecule has 1 unspecified atom stereocenters. The predicted octanol–water partition coefficient (Wildman–Crippen LogP) is -0.722. The highest BCUT2D eigenvalue weighted by atomic mass is 32.2. The van der Waals surface area contributed by atoms with E-state index in [0.717, 1.165) is 0 Å². The van der Waals surface area contributed by atoms with Crippen molar-refractivity contribution in [3.63, 3.8) is 0 Å². The summed E-state index contributed by atoms with van der Waals surface area (Å²) in [5.74, 6) is 0. The Morgan fingerprint density at radius 2 is 1.93 bits per heavy atom. The number of hydrogen-bond donors (Lipinski definition) is 3. The van der Waals surface area contributed by atoms with E-state index >= 15 is 0 Å². The van der Waals surface area contributed by atoms with Crippen molar-refractivity contribution in [2.45, 2.75) is 17.0 Å². The zero-order valence-corrected chi connectivity index (χ0v) is 8.68. The lowest BCUT2D eigenvalue weighted by Gasteiger charge is -2.17. The van der Waals surface area contributed by atoms with E-state index in [4.69, 9.17) is 10.8 Å². The van der Waals surface area contributed by atoms with Crippen LogP contribution in [0.2, 0.25) is 0 Å². The highest BCUT2D eigenvalue weighted by Crippen LogP contribution is 2.17. The third-order valence-electron chi connectivity index (χ3n) is 2.03. The van der Waals surface area contributed by atoms with E-state index in [2.05, 4.69) is 0 Å². The molecule has 0 saturated heterocycles. The second-order valence-corrected chi connectivity index (χ2v) is 4.04. The van der Waals surface area contributed by atoms with E-state index in [1.54, 1.807) is 0 Å². The monoisotopic (exact) mass is 230 g/mol. The van der Waals surface area contributed by atoms with E-state index in [9.17, 15) is 13.9 Å². The summed E-state index contributed by atoms with van der Waals surface area (Å²) in [6.45, 7) is -0.337. The van der Waals surface area contributed by atoms with Gasteiger partial charge in [0.1, 0.15) is 0 Å². The fourth-order valence-electron chi connectivity index (χ4n) is 1.12. The van der Waals surface area contributed by atoms with Gasteiger partial charge < -0.3 is 20.5 Å². The molecule has 0 aromatic heterocycles. The summed E-state index contributed by atoms with van der Waals surface area (Å²) < 4.78 is 21.1. The summed E-state index contributed by atoms with van der Waals surface area (Å²) in [5, 5.41) is 18.3. The number of aliphatic hydroxyl groups excluding tert-OH is 2. The number of rotatable bonds is 4. The molecule has 6 heteroatoms. The molecule has 0 amide bonds. The minimum absolute atomic E-state index is 0.142. The molecule has 0 spiro atoms. The van der Waals surface area contributed by atoms with Crippen LogP contribution in [0.3, 0.4) is 0 Å². The van der Waals surface area contributed by atoms with Crippen molar-refractivity contribution in [2.75, 3.05) is 6.61 Å². The van der Waals surface area contributed by atoms with Crippen LogP contribution in [0.1, 0.15) is 11.7 Å². The van der Waals surface area contributed by atoms with Crippen molar-refractivity contribution in [1.29, 1.82) is 0 Å². The maximum Gasteiger partial charge on any atom is 0.0963 e. The van der Waals surface area contributed by atoms with Crippen LogP contribution in [0.5, 0.6) is 0 Å². The van der Waals surface area contributed by atoms with Crippen LogP contribution in [-0.2, 0) is 11.1 Å². The maximum absolute atomic E-state index is 10.5. The Hall–Kier alpha value is -0.790. The largest absolute Gasteiger partial charge is 0.768 e. The summed E-state index contributed by atoms with van der Waals surface area (Å²) in [4.78, 5) is 0.142. The number of aliphatic hydroxyl groups is 2. The smallest absolute Gasteiger partial charge is 0.0963 e. The number of hydrogen-bond acceptors (Lipinski definition) is 5. The van der Waals surface area contributed by atoms with Crippen molar-refractivity contribution in [2.24, 2.45) is 5.73 Å². The first-order valence-electron chi connectivity index (χ1n) is 4.30. The number of nitrogens with two attached hydrogens (primary N) is 1. The van der Waals surface area contributed by atoms with Gasteiger partial charge in [0.2, 0.25) is 0 Å². The Morgan fingerprint density at radius 1 is 1.40 bits per heavy atom. The topological polar surface area (TPSA) is 107 Å². The molecular formula is C9H12NO4S-. The van der Waals surface area contributed by atoms with E-state index in [1.165, 1.54) is 24.3 Å². The first-order valence-corrected chi connectivity index (χ1v) is 5.37. The second kappa shape index (κ2) is 5.34. The quantitative estimate of drug-likeness (QED) is 0.592. The molecule has 1 rings (SSSR count). The molecule has 0 radical (unpaired) electrons. The van der Waals surface area contributed by atoms with Gasteiger partial charge in [-0.3, -0.25) is 4.21 Å². The molecule has 84 valence electrons. The first kappa shape index (κ1) is 12.3. The van der Waals surface area contributed by atoms with Gasteiger partial charge in [0.05, 0.1) is 18.8 Å². The minimum atomic E-state index is -2.28. The molecule has 0 saturated carbocycles. The average Bonchev–Trinajstić information content (AvgIpc) is 2.27. The van der Waals surface area contributed by atoms with Crippen LogP contribution < -0.4 is 5.73 Å². The molecule has 0 aliphatic heterocycles. The van der Waals surface area contributed by atoms with Crippen LogP contribution in [-0.4, -0.2) is 31.6 Å². The summed E-state index contributed by atoms with van der Waals surface area (Å²) in [6.07, 6.45) is -0.996. The predicted molar refractivity (Wildman–Crippen MR) is 53.6 cm³/mol. The maximum atomic E-state index is 10.5. The molecule has 5 nitrogen and oxygen atoms in total. The molecule has 0 heterocycles. The first-order chi connectivity index (χ1) is 7.06. The lowest BCUT2D eigenvalue weighted by molar-refractivity contribution is 0.109. The van der Waals surface area contributed by atoms with Gasteiger partial charge in [-0.25, -0.2) is 0 Å². The summed E-state index contributed by atoms with van der Waals surface area (Å²) >= 11 is -2.28. The summed E-state index contributed by atoms with van der Waals surface area (Å²) in [7, 11) is 0. The fourth-order valence-corrected chi connectivity index (χ4v) is 1.48. The Bertz CT molecular complexity index is 340. The van der Waals surface area contributed by atoms with Crippen molar-refractivity contribution >= 4 is 11.1 Å². The molecule has 0 bridgehead atoms. The highest BCUT2D eigenvalue weighted by Gasteiger charge is 2.15. The van der Waals surface area contributed by atoms with Crippen LogP contribution >= 0.6 is 0 Å². The second-order valence-electron chi connectivity index (χ2n) is 3.10. The van der Waals surface area contributed by atoms with Crippen LogP contribution in [0, 0.1) is 0 Å². The van der Waals surface area contributed by atoms with Crippen LogP contribution in [0.25, 0.3) is 0 Å². The third-order valence-corrected chi connectivity index (χ3v) is 2.69. The number of benzene rings is 1. The van der Waals surface area contributed by atoms with Gasteiger partial charge in [-0.2, -0.15) is 0 Å². The molecule has 1 aromatic rings. The van der Waals surface area contributed by atoms with Crippen molar-refractivity contribution < 1.29 is 19.0 Å². The Kier molecular flexibility index (Phi) is 4.37. The Morgan fingerprint density at radius 3 is 2.33 bits per heavy atom. The summed E-state index contributed by atoms with van der Waals surface area (Å²) in [5.41, 5.74) is 5.90. The van der Waals surface area contributed by atoms with Crippen molar-refractivity contribution in [3.05, 3.63) is 29.8 Å². The van der Waals surface area contributed by atoms with Gasteiger partial charge in [0.15, 0.2) is 0 Å². The van der Waals surface area contributed by atoms with E-state index in [1.807, 2.05) is 0 Å². The fraction of sp³-hybridized carbons (Fsp3) is 0.333. The molecule has 0 fully saturated rings. The minimum Gasteiger partial charge on any atom is -0.768 e. The molecule has 0 aliphatic rings. The van der Waals surface area contributed by atoms with Gasteiger partial charge in [-0.05, 0) is 28.8 Å². The van der Waals surface area contributed by atoms with Gasteiger partial charge in [-0.1, -0.05) is 12.1 Å². The zero-order chi connectivity index (χ0) is 11.4. The highest BCUT2D eigenvalue weighted by molar-refractivity contribution is 7.79. The molecule has 15 heavy (non-hydrogen) atoms. The standard InChI is InChI=1S/C9H13NO4S/c10-8(5-11)9(12)6-1-3-7(4-2-6)15(13)14/h1-4,8-9,11-12H,5,10H2,(H,13,14)/p-1/t8-,9-/m1/s1. The van der Waals surface area contributed by atoms with Crippen molar-refractivity contribution in [3.8, 4) is 0 Å². The van der Waals surface area contributed by atoms with E-state index in [0.29, 0.717) is 5.56 Å². The van der Waals surface area contributed by atoms with Crippen molar-refractivity contribution in [1.82, 2.24) is 0 Å². The summed E-state index contributed by atoms with van der Waals surface area (Å²) in [6, 6.07) is 4.89. The third kappa shape index (κ3) is 3.08. The Balaban J connectivity index is 2.84. The normalized spacial score (nSPS) is 17.1. The van der Waals surface area contributed by atoms with Gasteiger partial charge in [-0.15, -0.1) is 0 Å². The molecule has 3 atom stereocenters. The van der Waals surface area contributed by atoms with E-state index < -0.39 is 23.2 Å². The molecule has 1 aromatic carbocycles. The van der Waals surface area contributed by atoms with Crippen LogP contribution in [0.4, 0.5) is 0 Å². The van der Waals surface area contributed by atoms with Gasteiger partial charge >= 0.3 is 0 Å². The van der Waals surface area contributed by atoms with E-state index in [-0.39, 0.29) is 11.5 Å². The average molecular weight is 230 g/mol.